The minimum Gasteiger partial charge on any atom is -0.479 e. The second-order valence-electron chi connectivity index (χ2n) is 9.15. The van der Waals surface area contributed by atoms with E-state index >= 15 is 0 Å². The zero-order chi connectivity index (χ0) is 25.8. The maximum Gasteiger partial charge on any atom is 0.417 e. The van der Waals surface area contributed by atoms with E-state index in [-0.39, 0.29) is 19.0 Å². The molecule has 0 radical (unpaired) electrons. The van der Waals surface area contributed by atoms with Crippen molar-refractivity contribution in [1.29, 1.82) is 0 Å². The molecule has 2 amide bonds. The number of nitrogens with zero attached hydrogens (tertiary/aromatic N) is 1. The van der Waals surface area contributed by atoms with E-state index in [1.54, 1.807) is 6.08 Å². The number of ether oxygens (including phenoxy) is 3. The fraction of sp³-hybridized carbons (Fsp3) is 0.536. The van der Waals surface area contributed by atoms with Crippen molar-refractivity contribution in [2.75, 3.05) is 20.3 Å². The van der Waals surface area contributed by atoms with Crippen LogP contribution in [0.2, 0.25) is 0 Å². The van der Waals surface area contributed by atoms with Crippen LogP contribution in [0.25, 0.3) is 0 Å². The summed E-state index contributed by atoms with van der Waals surface area (Å²) in [5, 5.41) is 8.82. The van der Waals surface area contributed by atoms with Crippen LogP contribution in [0.15, 0.2) is 54.3 Å². The van der Waals surface area contributed by atoms with Crippen LogP contribution in [0.1, 0.15) is 56.9 Å². The number of imide groups is 1. The van der Waals surface area contributed by atoms with Crippen LogP contribution in [0.4, 0.5) is 4.79 Å². The number of carbonyl (C=O) groups excluding carboxylic acids is 3. The Hall–Kier alpha value is -2.97. The lowest BCUT2D eigenvalue weighted by Crippen LogP contribution is -2.53. The number of benzene rings is 1. The first-order valence-corrected chi connectivity index (χ1v) is 12.8. The molecule has 0 aliphatic carbocycles. The molecule has 1 N–H and O–H groups in total. The monoisotopic (exact) mass is 499 g/mol. The van der Waals surface area contributed by atoms with Crippen molar-refractivity contribution in [3.8, 4) is 0 Å². The van der Waals surface area contributed by atoms with E-state index in [2.05, 4.69) is 0 Å². The van der Waals surface area contributed by atoms with Gasteiger partial charge in [-0.1, -0.05) is 62.4 Å². The van der Waals surface area contributed by atoms with Gasteiger partial charge in [-0.2, -0.15) is 0 Å². The highest BCUT2D eigenvalue weighted by atomic mass is 16.6. The lowest BCUT2D eigenvalue weighted by molar-refractivity contribution is -0.153. The summed E-state index contributed by atoms with van der Waals surface area (Å²) in [6, 6.07) is 9.04. The van der Waals surface area contributed by atoms with Gasteiger partial charge in [0.1, 0.15) is 12.4 Å². The highest BCUT2D eigenvalue weighted by Crippen LogP contribution is 2.24. The molecule has 0 saturated carbocycles. The fourth-order valence-electron chi connectivity index (χ4n) is 4.47. The van der Waals surface area contributed by atoms with E-state index in [4.69, 9.17) is 19.3 Å². The quantitative estimate of drug-likeness (QED) is 0.384. The summed E-state index contributed by atoms with van der Waals surface area (Å²) in [6.07, 6.45) is 10.4. The summed E-state index contributed by atoms with van der Waals surface area (Å²) in [5.41, 5.74) is 0.968. The van der Waals surface area contributed by atoms with Crippen molar-refractivity contribution in [2.24, 2.45) is 0 Å². The van der Waals surface area contributed by atoms with Gasteiger partial charge in [-0.15, -0.1) is 0 Å². The van der Waals surface area contributed by atoms with Crippen molar-refractivity contribution >= 4 is 17.8 Å². The molecule has 0 bridgehead atoms. The Morgan fingerprint density at radius 2 is 1.78 bits per heavy atom. The zero-order valence-corrected chi connectivity index (χ0v) is 21.0. The van der Waals surface area contributed by atoms with Gasteiger partial charge in [-0.3, -0.25) is 9.59 Å². The number of aliphatic hydroxyl groups is 1. The first-order valence-electron chi connectivity index (χ1n) is 12.8. The van der Waals surface area contributed by atoms with Crippen LogP contribution < -0.4 is 0 Å². The molecule has 36 heavy (non-hydrogen) atoms. The smallest absolute Gasteiger partial charge is 0.417 e. The van der Waals surface area contributed by atoms with Gasteiger partial charge in [0.2, 0.25) is 0 Å². The fourth-order valence-corrected chi connectivity index (χ4v) is 4.47. The number of cyclic esters (lactones) is 1. The van der Waals surface area contributed by atoms with Crippen LogP contribution >= 0.6 is 0 Å². The van der Waals surface area contributed by atoms with E-state index in [1.807, 2.05) is 36.4 Å². The average molecular weight is 500 g/mol. The molecule has 8 nitrogen and oxygen atoms in total. The molecule has 8 heteroatoms. The van der Waals surface area contributed by atoms with Crippen molar-refractivity contribution in [3.05, 3.63) is 59.9 Å². The Morgan fingerprint density at radius 1 is 1.08 bits per heavy atom. The summed E-state index contributed by atoms with van der Waals surface area (Å²) < 4.78 is 16.4. The molecule has 3 rings (SSSR count). The lowest BCUT2D eigenvalue weighted by atomic mass is 10.0. The maximum absolute atomic E-state index is 13.4. The van der Waals surface area contributed by atoms with E-state index < -0.39 is 30.3 Å². The number of amides is 2. The van der Waals surface area contributed by atoms with Crippen LogP contribution in [-0.4, -0.2) is 66.4 Å². The summed E-state index contributed by atoms with van der Waals surface area (Å²) in [6.45, 7) is 0.346. The number of allylic oxidation sites excluding steroid dienone is 2. The van der Waals surface area contributed by atoms with E-state index in [0.29, 0.717) is 12.2 Å². The van der Waals surface area contributed by atoms with Crippen LogP contribution in [0, 0.1) is 0 Å². The molecule has 2 aliphatic rings. The van der Waals surface area contributed by atoms with E-state index in [1.165, 1.54) is 13.2 Å². The summed E-state index contributed by atoms with van der Waals surface area (Å²) in [5.74, 6) is -0.514. The van der Waals surface area contributed by atoms with Gasteiger partial charge in [0.05, 0.1) is 6.04 Å². The zero-order valence-electron chi connectivity index (χ0n) is 21.0. The number of carbonyl (C=O) groups is 3. The third kappa shape index (κ3) is 7.77. The number of unbranched alkanes of at least 4 members (excludes halogenated alkanes) is 7. The second-order valence-corrected chi connectivity index (χ2v) is 9.15. The Balaban J connectivity index is 1.56. The second kappa shape index (κ2) is 14.6. The van der Waals surface area contributed by atoms with Gasteiger partial charge in [-0.05, 0) is 49.5 Å². The molecule has 1 aromatic carbocycles. The summed E-state index contributed by atoms with van der Waals surface area (Å²) >= 11 is 0. The molecule has 0 unspecified atom stereocenters. The molecule has 1 saturated heterocycles. The number of hydrogen-bond acceptors (Lipinski definition) is 7. The molecule has 0 aromatic heterocycles. The molecule has 196 valence electrons. The highest BCUT2D eigenvalue weighted by Gasteiger charge is 2.46. The van der Waals surface area contributed by atoms with Crippen LogP contribution in [-0.2, 0) is 30.2 Å². The normalized spacial score (nSPS) is 21.5. The van der Waals surface area contributed by atoms with Crippen molar-refractivity contribution in [3.63, 3.8) is 0 Å². The Kier molecular flexibility index (Phi) is 11.2. The predicted octanol–water partition coefficient (Wildman–Crippen LogP) is 4.11. The molecule has 1 aromatic rings. The Bertz CT molecular complexity index is 927. The SMILES string of the molecule is CO[C@@H](C(=O)N1C(=O)OC[C@H]1Cc1ccccc1)[C@H]1OC(=CCCCCCCCCCO)C=CC1=O. The molecule has 2 aliphatic heterocycles. The number of ketones is 1. The molecule has 3 atom stereocenters. The molecule has 2 heterocycles. The first kappa shape index (κ1) is 27.6. The molecule has 1 fully saturated rings. The third-order valence-electron chi connectivity index (χ3n) is 6.45. The van der Waals surface area contributed by atoms with Gasteiger partial charge in [-0.25, -0.2) is 9.69 Å². The van der Waals surface area contributed by atoms with Crippen molar-refractivity contribution < 1.29 is 33.7 Å². The molecular formula is C28H37NO7. The summed E-state index contributed by atoms with van der Waals surface area (Å²) in [4.78, 5) is 39.5. The minimum absolute atomic E-state index is 0.0852. The number of hydrogen-bond donors (Lipinski definition) is 1. The maximum atomic E-state index is 13.4. The van der Waals surface area contributed by atoms with E-state index in [9.17, 15) is 14.4 Å². The predicted molar refractivity (Wildman–Crippen MR) is 134 cm³/mol. The van der Waals surface area contributed by atoms with Gasteiger partial charge in [0.15, 0.2) is 18.0 Å². The standard InChI is InChI=1S/C28H37NO7/c1-34-26(27(32)29-22(20-35-28(29)33)19-21-13-9-8-10-14-21)25-24(31)17-16-23(36-25)15-11-6-4-2-3-5-7-12-18-30/h8-10,13-17,22,25-26,30H,2-7,11-12,18-20H2,1H3/t22-,25+,26-/m1/s1. The minimum atomic E-state index is -1.27. The Morgan fingerprint density at radius 3 is 2.47 bits per heavy atom. The van der Waals surface area contributed by atoms with Crippen molar-refractivity contribution in [2.45, 2.75) is 76.0 Å². The van der Waals surface area contributed by atoms with Crippen LogP contribution in [0.3, 0.4) is 0 Å². The largest absolute Gasteiger partial charge is 0.479 e. The number of methoxy groups -OCH3 is 1. The van der Waals surface area contributed by atoms with Crippen molar-refractivity contribution in [1.82, 2.24) is 4.90 Å². The first-order chi connectivity index (χ1) is 17.5. The van der Waals surface area contributed by atoms with Crippen LogP contribution in [0.5, 0.6) is 0 Å². The number of aliphatic hydroxyl groups excluding tert-OH is 1. The summed E-state index contributed by atoms with van der Waals surface area (Å²) in [7, 11) is 1.33. The average Bonchev–Trinajstić information content (AvgIpc) is 3.25. The van der Waals surface area contributed by atoms with Gasteiger partial charge < -0.3 is 19.3 Å². The number of rotatable bonds is 14. The molecule has 0 spiro atoms. The van der Waals surface area contributed by atoms with Gasteiger partial charge in [0, 0.05) is 13.7 Å². The highest BCUT2D eigenvalue weighted by molar-refractivity contribution is 6.03. The topological polar surface area (TPSA) is 102 Å². The Labute approximate surface area is 212 Å². The van der Waals surface area contributed by atoms with E-state index in [0.717, 1.165) is 61.8 Å². The third-order valence-corrected chi connectivity index (χ3v) is 6.45. The molecular weight excluding hydrogens is 462 g/mol. The lowest BCUT2D eigenvalue weighted by Gasteiger charge is -2.30. The van der Waals surface area contributed by atoms with Gasteiger partial charge in [0.25, 0.3) is 5.91 Å². The van der Waals surface area contributed by atoms with Gasteiger partial charge >= 0.3 is 6.09 Å².